The Hall–Kier alpha value is -2.24. The molecule has 27 heavy (non-hydrogen) atoms. The van der Waals surface area contributed by atoms with Gasteiger partial charge in [-0.3, -0.25) is 0 Å². The first-order valence-electron chi connectivity index (χ1n) is 9.79. The Morgan fingerprint density at radius 1 is 1.11 bits per heavy atom. The highest BCUT2D eigenvalue weighted by molar-refractivity contribution is 5.74. The smallest absolute Gasteiger partial charge is 0.407 e. The maximum absolute atomic E-state index is 12.1. The van der Waals surface area contributed by atoms with Gasteiger partial charge in [-0.1, -0.05) is 18.2 Å². The van der Waals surface area contributed by atoms with Crippen molar-refractivity contribution in [2.24, 2.45) is 0 Å². The van der Waals surface area contributed by atoms with Gasteiger partial charge in [-0.25, -0.2) is 9.59 Å². The van der Waals surface area contributed by atoms with Gasteiger partial charge in [0.25, 0.3) is 0 Å². The van der Waals surface area contributed by atoms with E-state index in [1.165, 1.54) is 17.5 Å². The molecule has 0 heterocycles. The Kier molecular flexibility index (Phi) is 7.11. The van der Waals surface area contributed by atoms with Crippen LogP contribution < -0.4 is 16.0 Å². The van der Waals surface area contributed by atoms with Crippen molar-refractivity contribution in [2.45, 2.75) is 78.0 Å². The molecule has 2 rings (SSSR count). The molecular formula is C21H33N3O3. The van der Waals surface area contributed by atoms with Gasteiger partial charge in [-0.2, -0.15) is 0 Å². The van der Waals surface area contributed by atoms with Crippen LogP contribution in [0.5, 0.6) is 0 Å². The van der Waals surface area contributed by atoms with E-state index in [1.807, 2.05) is 34.6 Å². The van der Waals surface area contributed by atoms with Crippen LogP contribution in [0.1, 0.15) is 70.2 Å². The second-order valence-electron chi connectivity index (χ2n) is 8.34. The summed E-state index contributed by atoms with van der Waals surface area (Å²) in [5, 5.41) is 8.58. The van der Waals surface area contributed by atoms with E-state index in [1.54, 1.807) is 0 Å². The normalized spacial score (nSPS) is 15.4. The van der Waals surface area contributed by atoms with Gasteiger partial charge in [0.1, 0.15) is 5.60 Å². The highest BCUT2D eigenvalue weighted by Gasteiger charge is 2.18. The van der Waals surface area contributed by atoms with E-state index in [0.717, 1.165) is 18.4 Å². The van der Waals surface area contributed by atoms with Crippen molar-refractivity contribution in [3.05, 3.63) is 34.9 Å². The minimum Gasteiger partial charge on any atom is -0.444 e. The molecule has 0 fully saturated rings. The third kappa shape index (κ3) is 7.12. The van der Waals surface area contributed by atoms with E-state index in [0.29, 0.717) is 13.0 Å². The van der Waals surface area contributed by atoms with Crippen LogP contribution in [0.3, 0.4) is 0 Å². The first-order valence-corrected chi connectivity index (χ1v) is 9.79. The van der Waals surface area contributed by atoms with Gasteiger partial charge in [-0.05, 0) is 77.0 Å². The predicted molar refractivity (Wildman–Crippen MR) is 107 cm³/mol. The average Bonchev–Trinajstić information content (AvgIpc) is 3.00. The molecule has 1 aromatic carbocycles. The van der Waals surface area contributed by atoms with Crippen LogP contribution in [0.2, 0.25) is 0 Å². The molecule has 0 spiro atoms. The zero-order valence-corrected chi connectivity index (χ0v) is 17.1. The summed E-state index contributed by atoms with van der Waals surface area (Å²) in [6.07, 6.45) is 3.69. The average molecular weight is 376 g/mol. The minimum atomic E-state index is -0.518. The topological polar surface area (TPSA) is 79.5 Å². The van der Waals surface area contributed by atoms with Gasteiger partial charge in [0, 0.05) is 12.6 Å². The number of aryl methyl sites for hydroxylation is 2. The quantitative estimate of drug-likeness (QED) is 0.707. The zero-order valence-electron chi connectivity index (χ0n) is 17.1. The standard InChI is InChI=1S/C21H33N3O3/c1-14(23-20(26)27-21(3,4)5)11-12-22-19(25)24-15(2)17-10-9-16-7-6-8-18(16)13-17/h9-10,13-15H,6-8,11-12H2,1-5H3,(H,23,26)(H2,22,24,25)/t14-,15?/m0/s1. The predicted octanol–water partition coefficient (Wildman–Crippen LogP) is 3.84. The van der Waals surface area contributed by atoms with Crippen LogP contribution in [0.4, 0.5) is 9.59 Å². The molecule has 0 aliphatic heterocycles. The number of ether oxygens (including phenoxy) is 1. The third-order valence-corrected chi connectivity index (χ3v) is 4.60. The molecule has 1 aliphatic carbocycles. The first kappa shape index (κ1) is 21.1. The van der Waals surface area contributed by atoms with Gasteiger partial charge < -0.3 is 20.7 Å². The lowest BCUT2D eigenvalue weighted by atomic mass is 10.0. The number of rotatable bonds is 6. The molecule has 3 N–H and O–H groups in total. The third-order valence-electron chi connectivity index (χ3n) is 4.60. The van der Waals surface area contributed by atoms with E-state index in [4.69, 9.17) is 4.74 Å². The molecule has 3 amide bonds. The summed E-state index contributed by atoms with van der Waals surface area (Å²) in [7, 11) is 0. The molecule has 0 saturated carbocycles. The number of carbonyl (C=O) groups is 2. The molecule has 0 bridgehead atoms. The SMILES string of the molecule is CC(NC(=O)NCC[C@H](C)NC(=O)OC(C)(C)C)c1ccc2c(c1)CCC2. The van der Waals surface area contributed by atoms with E-state index in [-0.39, 0.29) is 18.1 Å². The molecule has 0 aromatic heterocycles. The van der Waals surface area contributed by atoms with Crippen LogP contribution in [0, 0.1) is 0 Å². The summed E-state index contributed by atoms with van der Waals surface area (Å²) in [5.74, 6) is 0. The number of carbonyl (C=O) groups excluding carboxylic acids is 2. The van der Waals surface area contributed by atoms with Crippen LogP contribution in [-0.2, 0) is 17.6 Å². The number of amides is 3. The van der Waals surface area contributed by atoms with Crippen molar-refractivity contribution >= 4 is 12.1 Å². The van der Waals surface area contributed by atoms with Crippen LogP contribution in [0.15, 0.2) is 18.2 Å². The van der Waals surface area contributed by atoms with E-state index in [2.05, 4.69) is 34.1 Å². The van der Waals surface area contributed by atoms with E-state index < -0.39 is 11.7 Å². The Balaban J connectivity index is 1.69. The second kappa shape index (κ2) is 9.11. The number of urea groups is 1. The molecule has 1 aromatic rings. The molecule has 6 heteroatoms. The summed E-state index contributed by atoms with van der Waals surface area (Å²) in [6, 6.07) is 6.15. The Morgan fingerprint density at radius 3 is 2.52 bits per heavy atom. The fraction of sp³-hybridized carbons (Fsp3) is 0.619. The zero-order chi connectivity index (χ0) is 20.0. The molecule has 1 aliphatic rings. The molecule has 6 nitrogen and oxygen atoms in total. The summed E-state index contributed by atoms with van der Waals surface area (Å²) in [6.45, 7) is 9.82. The van der Waals surface area contributed by atoms with Gasteiger partial charge >= 0.3 is 12.1 Å². The minimum absolute atomic E-state index is 0.0480. The fourth-order valence-corrected chi connectivity index (χ4v) is 3.18. The first-order chi connectivity index (χ1) is 12.6. The van der Waals surface area contributed by atoms with E-state index in [9.17, 15) is 9.59 Å². The van der Waals surface area contributed by atoms with Crippen molar-refractivity contribution < 1.29 is 14.3 Å². The number of alkyl carbamates (subject to hydrolysis) is 1. The summed E-state index contributed by atoms with van der Waals surface area (Å²) in [5.41, 5.74) is 3.45. The van der Waals surface area contributed by atoms with Gasteiger partial charge in [0.2, 0.25) is 0 Å². The molecule has 1 unspecified atom stereocenters. The van der Waals surface area contributed by atoms with Crippen LogP contribution in [0.25, 0.3) is 0 Å². The van der Waals surface area contributed by atoms with E-state index >= 15 is 0 Å². The highest BCUT2D eigenvalue weighted by atomic mass is 16.6. The van der Waals surface area contributed by atoms with Crippen molar-refractivity contribution in [1.29, 1.82) is 0 Å². The van der Waals surface area contributed by atoms with Gasteiger partial charge in [0.15, 0.2) is 0 Å². The summed E-state index contributed by atoms with van der Waals surface area (Å²) < 4.78 is 5.22. The summed E-state index contributed by atoms with van der Waals surface area (Å²) >= 11 is 0. The Labute approximate surface area is 162 Å². The number of benzene rings is 1. The molecule has 0 radical (unpaired) electrons. The number of fused-ring (bicyclic) bond motifs is 1. The van der Waals surface area contributed by atoms with Gasteiger partial charge in [-0.15, -0.1) is 0 Å². The lowest BCUT2D eigenvalue weighted by Gasteiger charge is -2.22. The van der Waals surface area contributed by atoms with Crippen molar-refractivity contribution in [3.8, 4) is 0 Å². The summed E-state index contributed by atoms with van der Waals surface area (Å²) in [4.78, 5) is 23.8. The maximum atomic E-state index is 12.1. The molecular weight excluding hydrogens is 342 g/mol. The van der Waals surface area contributed by atoms with Gasteiger partial charge in [0.05, 0.1) is 6.04 Å². The van der Waals surface area contributed by atoms with Crippen molar-refractivity contribution in [2.75, 3.05) is 6.54 Å². The van der Waals surface area contributed by atoms with Crippen molar-refractivity contribution in [1.82, 2.24) is 16.0 Å². The monoisotopic (exact) mass is 375 g/mol. The largest absolute Gasteiger partial charge is 0.444 e. The second-order valence-corrected chi connectivity index (χ2v) is 8.34. The Morgan fingerprint density at radius 2 is 1.81 bits per heavy atom. The Bertz CT molecular complexity index is 667. The number of nitrogens with one attached hydrogen (secondary N) is 3. The maximum Gasteiger partial charge on any atom is 0.407 e. The lowest BCUT2D eigenvalue weighted by molar-refractivity contribution is 0.0507. The van der Waals surface area contributed by atoms with Crippen LogP contribution >= 0.6 is 0 Å². The number of hydrogen-bond donors (Lipinski definition) is 3. The molecule has 150 valence electrons. The van der Waals surface area contributed by atoms with Crippen molar-refractivity contribution in [3.63, 3.8) is 0 Å². The van der Waals surface area contributed by atoms with Crippen LogP contribution in [-0.4, -0.2) is 30.3 Å². The highest BCUT2D eigenvalue weighted by Crippen LogP contribution is 2.25. The fourth-order valence-electron chi connectivity index (χ4n) is 3.18. The lowest BCUT2D eigenvalue weighted by Crippen LogP contribution is -2.41. The molecule has 0 saturated heterocycles. The number of hydrogen-bond acceptors (Lipinski definition) is 3. The molecule has 2 atom stereocenters.